The highest BCUT2D eigenvalue weighted by Gasteiger charge is 2.36. The van der Waals surface area contributed by atoms with Gasteiger partial charge in [0.1, 0.15) is 0 Å². The highest BCUT2D eigenvalue weighted by Crippen LogP contribution is 2.55. The van der Waals surface area contributed by atoms with Gasteiger partial charge in [0, 0.05) is 5.69 Å². The molecule has 10 rings (SSSR count). The first kappa shape index (κ1) is 23.1. The zero-order valence-corrected chi connectivity index (χ0v) is 23.6. The fraction of sp³-hybridized carbons (Fsp3) is 0.0488. The molecule has 9 aromatic carbocycles. The van der Waals surface area contributed by atoms with E-state index in [4.69, 9.17) is 0 Å². The van der Waals surface area contributed by atoms with Gasteiger partial charge in [-0.25, -0.2) is 0 Å². The maximum absolute atomic E-state index is 14.6. The summed E-state index contributed by atoms with van der Waals surface area (Å²) in [6.07, 6.45) is 0. The number of hydrogen-bond acceptors (Lipinski definition) is 1. The van der Waals surface area contributed by atoms with Gasteiger partial charge in [-0.2, -0.15) is 0 Å². The topological polar surface area (TPSA) is 20.3 Å². The van der Waals surface area contributed by atoms with E-state index in [1.54, 1.807) is 0 Å². The first-order chi connectivity index (χ1) is 21.2. The number of anilines is 1. The average molecular weight is 548 g/mol. The van der Waals surface area contributed by atoms with Crippen LogP contribution >= 0.6 is 0 Å². The number of hydrogen-bond donors (Lipinski definition) is 0. The van der Waals surface area contributed by atoms with Gasteiger partial charge >= 0.3 is 0 Å². The van der Waals surface area contributed by atoms with Crippen molar-refractivity contribution < 1.29 is 4.79 Å². The lowest BCUT2D eigenvalue weighted by Crippen LogP contribution is -2.23. The minimum Gasteiger partial charge on any atom is -0.304 e. The Labute approximate surface area is 248 Å². The number of fused-ring (bicyclic) bond motifs is 3. The molecule has 0 atom stereocenters. The summed E-state index contributed by atoms with van der Waals surface area (Å²) in [7, 11) is 0. The zero-order chi connectivity index (χ0) is 28.4. The van der Waals surface area contributed by atoms with Crippen LogP contribution in [0.1, 0.15) is 21.5 Å². The van der Waals surface area contributed by atoms with Crippen LogP contribution in [-0.2, 0) is 6.54 Å². The lowest BCUT2D eigenvalue weighted by atomic mass is 9.87. The highest BCUT2D eigenvalue weighted by molar-refractivity contribution is 6.48. The van der Waals surface area contributed by atoms with Crippen LogP contribution < -0.4 is 4.90 Å². The third-order valence-corrected chi connectivity index (χ3v) is 9.82. The van der Waals surface area contributed by atoms with Crippen molar-refractivity contribution in [2.75, 3.05) is 4.90 Å². The summed E-state index contributed by atoms with van der Waals surface area (Å²) < 4.78 is 0. The Morgan fingerprint density at radius 1 is 0.535 bits per heavy atom. The minimum atomic E-state index is 0.0867. The molecule has 0 aromatic heterocycles. The van der Waals surface area contributed by atoms with Crippen molar-refractivity contribution in [3.8, 4) is 22.3 Å². The van der Waals surface area contributed by atoms with E-state index in [0.29, 0.717) is 6.54 Å². The second-order valence-corrected chi connectivity index (χ2v) is 12.1. The third kappa shape index (κ3) is 2.90. The van der Waals surface area contributed by atoms with Gasteiger partial charge < -0.3 is 4.90 Å². The van der Waals surface area contributed by atoms with E-state index >= 15 is 0 Å². The van der Waals surface area contributed by atoms with Crippen LogP contribution in [0.3, 0.4) is 0 Å². The van der Waals surface area contributed by atoms with E-state index in [1.807, 2.05) is 4.90 Å². The molecule has 9 aromatic rings. The largest absolute Gasteiger partial charge is 0.304 e. The molecular formula is C41H25NO. The quantitative estimate of drug-likeness (QED) is 0.202. The standard InChI is InChI=1S/C41H25NO/c1-23-12-16-27(17-13-23)42-22-34-32-20-30(24-8-4-2-5-9-24)28-18-14-26-15-19-29-31(25-10-6-3-7-11-25)21-33(36(34)41(42)43)40-38(29)35(26)37(28)39(32)40/h2-21H,22H2,1H3. The molecule has 1 aliphatic rings. The molecule has 1 aliphatic heterocycles. The molecule has 1 heterocycles. The normalized spacial score (nSPS) is 13.6. The van der Waals surface area contributed by atoms with Gasteiger partial charge in [-0.05, 0) is 113 Å². The van der Waals surface area contributed by atoms with Crippen LogP contribution in [0.15, 0.2) is 121 Å². The maximum atomic E-state index is 14.6. The molecule has 0 saturated carbocycles. The first-order valence-electron chi connectivity index (χ1n) is 14.9. The van der Waals surface area contributed by atoms with Gasteiger partial charge in [-0.1, -0.05) is 103 Å². The average Bonchev–Trinajstić information content (AvgIpc) is 3.60. The summed E-state index contributed by atoms with van der Waals surface area (Å²) in [5, 5.41) is 12.5. The molecular weight excluding hydrogens is 522 g/mol. The molecule has 2 heteroatoms. The van der Waals surface area contributed by atoms with Gasteiger partial charge in [0.2, 0.25) is 0 Å². The van der Waals surface area contributed by atoms with Crippen LogP contribution in [0.5, 0.6) is 0 Å². The molecule has 200 valence electrons. The molecule has 43 heavy (non-hydrogen) atoms. The van der Waals surface area contributed by atoms with Gasteiger partial charge in [0.25, 0.3) is 5.91 Å². The maximum Gasteiger partial charge on any atom is 0.259 e. The Balaban J connectivity index is 1.43. The minimum absolute atomic E-state index is 0.0867. The predicted molar refractivity (Wildman–Crippen MR) is 180 cm³/mol. The SMILES string of the molecule is Cc1ccc(N2Cc3c(c4cc(-c5ccccc5)c5ccc6ccc7c(-c8ccccc8)cc3c3c7c6c5c43)C2=O)cc1. The predicted octanol–water partition coefficient (Wildman–Crippen LogP) is 10.6. The summed E-state index contributed by atoms with van der Waals surface area (Å²) in [5.41, 5.74) is 8.90. The summed E-state index contributed by atoms with van der Waals surface area (Å²) in [6.45, 7) is 2.65. The molecule has 0 N–H and O–H groups in total. The van der Waals surface area contributed by atoms with Crippen LogP contribution in [0.4, 0.5) is 5.69 Å². The molecule has 0 saturated heterocycles. The highest BCUT2D eigenvalue weighted by atomic mass is 16.2. The van der Waals surface area contributed by atoms with Crippen LogP contribution in [0.2, 0.25) is 0 Å². The Morgan fingerprint density at radius 3 is 1.67 bits per heavy atom. The van der Waals surface area contributed by atoms with E-state index in [-0.39, 0.29) is 5.91 Å². The van der Waals surface area contributed by atoms with E-state index < -0.39 is 0 Å². The summed E-state index contributed by atoms with van der Waals surface area (Å²) in [4.78, 5) is 16.5. The van der Waals surface area contributed by atoms with Crippen molar-refractivity contribution in [3.05, 3.63) is 138 Å². The smallest absolute Gasteiger partial charge is 0.259 e. The number of aryl methyl sites for hydroxylation is 1. The van der Waals surface area contributed by atoms with Crippen molar-refractivity contribution in [1.82, 2.24) is 0 Å². The van der Waals surface area contributed by atoms with Crippen LogP contribution in [-0.4, -0.2) is 5.91 Å². The van der Waals surface area contributed by atoms with Crippen molar-refractivity contribution in [3.63, 3.8) is 0 Å². The zero-order valence-electron chi connectivity index (χ0n) is 23.6. The summed E-state index contributed by atoms with van der Waals surface area (Å²) >= 11 is 0. The lowest BCUT2D eigenvalue weighted by molar-refractivity contribution is 0.0998. The monoisotopic (exact) mass is 547 g/mol. The molecule has 1 amide bonds. The second-order valence-electron chi connectivity index (χ2n) is 12.1. The van der Waals surface area contributed by atoms with E-state index in [2.05, 4.69) is 128 Å². The van der Waals surface area contributed by atoms with E-state index in [1.165, 1.54) is 76.3 Å². The number of carbonyl (C=O) groups is 1. The van der Waals surface area contributed by atoms with E-state index in [0.717, 1.165) is 22.2 Å². The molecule has 0 aliphatic carbocycles. The van der Waals surface area contributed by atoms with Gasteiger partial charge in [-0.15, -0.1) is 0 Å². The lowest BCUT2D eigenvalue weighted by Gasteiger charge is -2.16. The number of carbonyl (C=O) groups excluding carboxylic acids is 1. The van der Waals surface area contributed by atoms with Crippen molar-refractivity contribution >= 4 is 65.5 Å². The second kappa shape index (κ2) is 8.08. The van der Waals surface area contributed by atoms with Crippen molar-refractivity contribution in [2.45, 2.75) is 13.5 Å². The van der Waals surface area contributed by atoms with Gasteiger partial charge in [0.15, 0.2) is 0 Å². The van der Waals surface area contributed by atoms with Gasteiger partial charge in [-0.3, -0.25) is 4.79 Å². The number of benzene rings is 8. The van der Waals surface area contributed by atoms with E-state index in [9.17, 15) is 4.79 Å². The van der Waals surface area contributed by atoms with Crippen LogP contribution in [0, 0.1) is 6.92 Å². The molecule has 0 radical (unpaired) electrons. The first-order valence-corrected chi connectivity index (χ1v) is 14.9. The third-order valence-electron chi connectivity index (χ3n) is 9.82. The molecule has 0 spiro atoms. The molecule has 0 fully saturated rings. The number of amides is 1. The summed E-state index contributed by atoms with van der Waals surface area (Å²) in [6, 6.07) is 43.5. The van der Waals surface area contributed by atoms with Crippen LogP contribution in [0.25, 0.3) is 76.1 Å². The van der Waals surface area contributed by atoms with Crippen molar-refractivity contribution in [1.29, 1.82) is 0 Å². The Kier molecular flexibility index (Phi) is 4.35. The molecule has 0 bridgehead atoms. The Bertz CT molecular complexity index is 2520. The number of nitrogens with zero attached hydrogens (tertiary/aromatic N) is 1. The molecule has 2 nitrogen and oxygen atoms in total. The van der Waals surface area contributed by atoms with Crippen molar-refractivity contribution in [2.24, 2.45) is 0 Å². The Morgan fingerprint density at radius 2 is 1.07 bits per heavy atom. The fourth-order valence-corrected chi connectivity index (χ4v) is 7.92. The Hall–Kier alpha value is -5.47. The molecule has 0 unspecified atom stereocenters. The number of rotatable bonds is 3. The van der Waals surface area contributed by atoms with Gasteiger partial charge in [0.05, 0.1) is 12.1 Å². The summed E-state index contributed by atoms with van der Waals surface area (Å²) in [5.74, 6) is 0.0867. The fourth-order valence-electron chi connectivity index (χ4n) is 7.92.